The average Bonchev–Trinajstić information content (AvgIpc) is 2.12. The molecule has 0 aromatic carbocycles. The molecule has 3 nitrogen and oxygen atoms in total. The summed E-state index contributed by atoms with van der Waals surface area (Å²) in [6.07, 6.45) is 2.95. The second-order valence-electron chi connectivity index (χ2n) is 2.57. The van der Waals surface area contributed by atoms with Crippen LogP contribution >= 0.6 is 34.4 Å². The van der Waals surface area contributed by atoms with Gasteiger partial charge in [-0.3, -0.25) is 0 Å². The molecule has 0 saturated heterocycles. The van der Waals surface area contributed by atoms with Crippen molar-refractivity contribution in [3.63, 3.8) is 0 Å². The minimum atomic E-state index is 0.586. The van der Waals surface area contributed by atoms with Crippen molar-refractivity contribution >= 4 is 40.2 Å². The van der Waals surface area contributed by atoms with Gasteiger partial charge in [0.1, 0.15) is 11.6 Å². The molecule has 1 aromatic rings. The molecule has 0 bridgehead atoms. The first-order valence-electron chi connectivity index (χ1n) is 4.08. The van der Waals surface area contributed by atoms with E-state index in [1.807, 2.05) is 11.8 Å². The molecule has 1 heterocycles. The standard InChI is InChI=1S/C8H12IN3S/c1-2-3-13-5-7-11-4-6(9)8(10)12-7/h4H,2-3,5H2,1H3,(H2,10,11,12). The molecule has 0 aliphatic rings. The highest BCUT2D eigenvalue weighted by atomic mass is 127. The van der Waals surface area contributed by atoms with E-state index in [2.05, 4.69) is 39.5 Å². The van der Waals surface area contributed by atoms with Gasteiger partial charge in [-0.15, -0.1) is 0 Å². The van der Waals surface area contributed by atoms with Gasteiger partial charge in [-0.1, -0.05) is 6.92 Å². The predicted octanol–water partition coefficient (Wildman–Crippen LogP) is 2.31. The van der Waals surface area contributed by atoms with E-state index in [9.17, 15) is 0 Å². The van der Waals surface area contributed by atoms with Crippen LogP contribution in [0.4, 0.5) is 5.82 Å². The van der Waals surface area contributed by atoms with Crippen LogP contribution in [0.3, 0.4) is 0 Å². The highest BCUT2D eigenvalue weighted by Crippen LogP contribution is 2.14. The zero-order chi connectivity index (χ0) is 9.68. The number of thioether (sulfide) groups is 1. The van der Waals surface area contributed by atoms with Gasteiger partial charge >= 0.3 is 0 Å². The summed E-state index contributed by atoms with van der Waals surface area (Å²) in [5.74, 6) is 3.42. The Morgan fingerprint density at radius 2 is 2.38 bits per heavy atom. The Morgan fingerprint density at radius 3 is 3.00 bits per heavy atom. The lowest BCUT2D eigenvalue weighted by Gasteiger charge is -2.01. The van der Waals surface area contributed by atoms with Gasteiger partial charge in [-0.2, -0.15) is 11.8 Å². The average molecular weight is 309 g/mol. The number of aromatic nitrogens is 2. The van der Waals surface area contributed by atoms with Crippen molar-refractivity contribution in [1.29, 1.82) is 0 Å². The number of nitrogen functional groups attached to an aromatic ring is 1. The molecular formula is C8H12IN3S. The third-order valence-electron chi connectivity index (χ3n) is 1.40. The number of anilines is 1. The smallest absolute Gasteiger partial charge is 0.140 e. The summed E-state index contributed by atoms with van der Waals surface area (Å²) in [6.45, 7) is 2.16. The van der Waals surface area contributed by atoms with Crippen molar-refractivity contribution in [1.82, 2.24) is 9.97 Å². The van der Waals surface area contributed by atoms with Crippen molar-refractivity contribution in [3.8, 4) is 0 Å². The van der Waals surface area contributed by atoms with E-state index in [0.29, 0.717) is 5.82 Å². The molecule has 13 heavy (non-hydrogen) atoms. The quantitative estimate of drug-likeness (QED) is 0.685. The number of halogens is 1. The molecule has 72 valence electrons. The van der Waals surface area contributed by atoms with Gasteiger partial charge < -0.3 is 5.73 Å². The summed E-state index contributed by atoms with van der Waals surface area (Å²) < 4.78 is 0.918. The van der Waals surface area contributed by atoms with Crippen LogP contribution < -0.4 is 5.73 Å². The van der Waals surface area contributed by atoms with E-state index >= 15 is 0 Å². The lowest BCUT2D eigenvalue weighted by molar-refractivity contribution is 1.03. The van der Waals surface area contributed by atoms with Crippen molar-refractivity contribution < 1.29 is 0 Å². The van der Waals surface area contributed by atoms with Crippen LogP contribution in [-0.2, 0) is 5.75 Å². The van der Waals surface area contributed by atoms with Gasteiger partial charge in [-0.25, -0.2) is 9.97 Å². The molecule has 0 atom stereocenters. The Balaban J connectivity index is 2.53. The van der Waals surface area contributed by atoms with Gasteiger partial charge in [0, 0.05) is 6.20 Å². The molecule has 5 heteroatoms. The third kappa shape index (κ3) is 3.68. The second kappa shape index (κ2) is 5.64. The zero-order valence-electron chi connectivity index (χ0n) is 7.46. The monoisotopic (exact) mass is 309 g/mol. The molecule has 0 aliphatic carbocycles. The topological polar surface area (TPSA) is 51.8 Å². The van der Waals surface area contributed by atoms with Crippen LogP contribution in [0.15, 0.2) is 6.20 Å². The van der Waals surface area contributed by atoms with Crippen molar-refractivity contribution in [2.75, 3.05) is 11.5 Å². The molecule has 0 amide bonds. The number of rotatable bonds is 4. The van der Waals surface area contributed by atoms with Gasteiger partial charge in [0.05, 0.1) is 9.32 Å². The minimum Gasteiger partial charge on any atom is -0.383 e. The Labute approximate surface area is 96.1 Å². The summed E-state index contributed by atoms with van der Waals surface area (Å²) in [6, 6.07) is 0. The Kier molecular flexibility index (Phi) is 4.79. The van der Waals surface area contributed by atoms with E-state index in [0.717, 1.165) is 20.9 Å². The highest BCUT2D eigenvalue weighted by molar-refractivity contribution is 14.1. The number of hydrogen-bond donors (Lipinski definition) is 1. The number of nitrogens with two attached hydrogens (primary N) is 1. The summed E-state index contributed by atoms with van der Waals surface area (Å²) >= 11 is 3.97. The molecule has 0 radical (unpaired) electrons. The second-order valence-corrected chi connectivity index (χ2v) is 4.84. The van der Waals surface area contributed by atoms with Crippen LogP contribution in [0.5, 0.6) is 0 Å². The Bertz CT molecular complexity index is 280. The molecule has 0 unspecified atom stereocenters. The van der Waals surface area contributed by atoms with Crippen LogP contribution in [0.2, 0.25) is 0 Å². The third-order valence-corrected chi connectivity index (χ3v) is 3.39. The zero-order valence-corrected chi connectivity index (χ0v) is 10.4. The lowest BCUT2D eigenvalue weighted by atomic mass is 10.5. The number of hydrogen-bond acceptors (Lipinski definition) is 4. The van der Waals surface area contributed by atoms with Crippen LogP contribution in [0, 0.1) is 3.57 Å². The Hall–Kier alpha value is -0.0400. The minimum absolute atomic E-state index is 0.586. The van der Waals surface area contributed by atoms with Crippen LogP contribution in [0.1, 0.15) is 19.2 Å². The maximum Gasteiger partial charge on any atom is 0.140 e. The van der Waals surface area contributed by atoms with E-state index < -0.39 is 0 Å². The fourth-order valence-corrected chi connectivity index (χ4v) is 1.81. The summed E-state index contributed by atoms with van der Waals surface area (Å²) in [5.41, 5.74) is 5.66. The fraction of sp³-hybridized carbons (Fsp3) is 0.500. The Morgan fingerprint density at radius 1 is 1.62 bits per heavy atom. The van der Waals surface area contributed by atoms with Gasteiger partial charge in [0.25, 0.3) is 0 Å². The molecule has 1 rings (SSSR count). The first-order chi connectivity index (χ1) is 6.24. The first kappa shape index (κ1) is 11.0. The van der Waals surface area contributed by atoms with Crippen molar-refractivity contribution in [2.45, 2.75) is 19.1 Å². The summed E-state index contributed by atoms with van der Waals surface area (Å²) in [4.78, 5) is 8.37. The van der Waals surface area contributed by atoms with Crippen LogP contribution in [-0.4, -0.2) is 15.7 Å². The van der Waals surface area contributed by atoms with Gasteiger partial charge in [0.2, 0.25) is 0 Å². The largest absolute Gasteiger partial charge is 0.383 e. The molecule has 0 fully saturated rings. The van der Waals surface area contributed by atoms with Gasteiger partial charge in [0.15, 0.2) is 0 Å². The first-order valence-corrected chi connectivity index (χ1v) is 6.32. The van der Waals surface area contributed by atoms with Crippen molar-refractivity contribution in [2.24, 2.45) is 0 Å². The van der Waals surface area contributed by atoms with E-state index in [1.54, 1.807) is 6.20 Å². The van der Waals surface area contributed by atoms with Crippen molar-refractivity contribution in [3.05, 3.63) is 15.6 Å². The fourth-order valence-electron chi connectivity index (χ4n) is 0.796. The summed E-state index contributed by atoms with van der Waals surface area (Å²) in [7, 11) is 0. The van der Waals surface area contributed by atoms with E-state index in [1.165, 1.54) is 6.42 Å². The van der Waals surface area contributed by atoms with E-state index in [4.69, 9.17) is 5.73 Å². The maximum atomic E-state index is 5.66. The van der Waals surface area contributed by atoms with Crippen LogP contribution in [0.25, 0.3) is 0 Å². The lowest BCUT2D eigenvalue weighted by Crippen LogP contribution is -2.00. The maximum absolute atomic E-state index is 5.66. The molecule has 0 saturated carbocycles. The highest BCUT2D eigenvalue weighted by Gasteiger charge is 2.00. The summed E-state index contributed by atoms with van der Waals surface area (Å²) in [5, 5.41) is 0. The molecular weight excluding hydrogens is 297 g/mol. The molecule has 0 aliphatic heterocycles. The normalized spacial score (nSPS) is 10.3. The molecule has 0 spiro atoms. The SMILES string of the molecule is CCCSCc1ncc(I)c(N)n1. The predicted molar refractivity (Wildman–Crippen MR) is 65.6 cm³/mol. The van der Waals surface area contributed by atoms with Gasteiger partial charge in [-0.05, 0) is 34.8 Å². The molecule has 2 N–H and O–H groups in total. The van der Waals surface area contributed by atoms with E-state index in [-0.39, 0.29) is 0 Å². The molecule has 1 aromatic heterocycles. The number of nitrogens with zero attached hydrogens (tertiary/aromatic N) is 2.